The smallest absolute Gasteiger partial charge is 0.306 e. The first-order chi connectivity index (χ1) is 11.6. The first-order valence-electron chi connectivity index (χ1n) is 8.24. The Morgan fingerprint density at radius 2 is 1.96 bits per heavy atom. The van der Waals surface area contributed by atoms with Crippen LogP contribution in [0, 0.1) is 12.8 Å². The second-order valence-electron chi connectivity index (χ2n) is 6.35. The van der Waals surface area contributed by atoms with Crippen LogP contribution in [0.3, 0.4) is 0 Å². The molecule has 0 saturated carbocycles. The van der Waals surface area contributed by atoms with E-state index in [1.807, 2.05) is 0 Å². The van der Waals surface area contributed by atoms with Gasteiger partial charge in [0.25, 0.3) is 0 Å². The van der Waals surface area contributed by atoms with Crippen molar-refractivity contribution in [2.45, 2.75) is 30.7 Å². The maximum Gasteiger partial charge on any atom is 0.306 e. The summed E-state index contributed by atoms with van der Waals surface area (Å²) >= 11 is 3.55. The van der Waals surface area contributed by atoms with Crippen molar-refractivity contribution in [1.82, 2.24) is 4.90 Å². The zero-order valence-corrected chi connectivity index (χ0v) is 15.7. The van der Waals surface area contributed by atoms with Crippen LogP contribution < -0.4 is 0 Å². The van der Waals surface area contributed by atoms with Crippen LogP contribution in [0.15, 0.2) is 40.6 Å². The lowest BCUT2D eigenvalue weighted by molar-refractivity contribution is -0.143. The van der Waals surface area contributed by atoms with Crippen molar-refractivity contribution < 1.29 is 9.90 Å². The van der Waals surface area contributed by atoms with Gasteiger partial charge in [-0.3, -0.25) is 9.69 Å². The van der Waals surface area contributed by atoms with Gasteiger partial charge in [-0.1, -0.05) is 12.1 Å². The monoisotopic (exact) mass is 361 g/mol. The van der Waals surface area contributed by atoms with Gasteiger partial charge in [0.1, 0.15) is 0 Å². The number of carbonyl (C=O) groups is 1. The highest BCUT2D eigenvalue weighted by Crippen LogP contribution is 2.36. The van der Waals surface area contributed by atoms with E-state index in [9.17, 15) is 9.90 Å². The number of hydrogen-bond acceptors (Lipinski definition) is 4. The molecule has 1 N–H and O–H groups in total. The van der Waals surface area contributed by atoms with Crippen molar-refractivity contribution in [2.24, 2.45) is 5.92 Å². The molecule has 5 heteroatoms. The van der Waals surface area contributed by atoms with Crippen molar-refractivity contribution in [1.29, 1.82) is 0 Å². The van der Waals surface area contributed by atoms with E-state index in [0.29, 0.717) is 0 Å². The van der Waals surface area contributed by atoms with E-state index < -0.39 is 5.97 Å². The van der Waals surface area contributed by atoms with Gasteiger partial charge < -0.3 is 5.11 Å². The summed E-state index contributed by atoms with van der Waals surface area (Å²) in [6.45, 7) is 3.80. The summed E-state index contributed by atoms with van der Waals surface area (Å²) in [7, 11) is 0. The van der Waals surface area contributed by atoms with Gasteiger partial charge >= 0.3 is 5.97 Å². The van der Waals surface area contributed by atoms with Gasteiger partial charge in [0.15, 0.2) is 0 Å². The van der Waals surface area contributed by atoms with Crippen LogP contribution in [0.25, 0.3) is 0 Å². The average molecular weight is 362 g/mol. The van der Waals surface area contributed by atoms with E-state index in [2.05, 4.69) is 53.8 Å². The summed E-state index contributed by atoms with van der Waals surface area (Å²) in [6, 6.07) is 11.3. The number of carboxylic acids is 1. The van der Waals surface area contributed by atoms with Crippen LogP contribution in [-0.4, -0.2) is 35.3 Å². The van der Waals surface area contributed by atoms with Gasteiger partial charge in [0.05, 0.1) is 12.0 Å². The van der Waals surface area contributed by atoms with Crippen LogP contribution in [0.2, 0.25) is 0 Å². The molecule has 24 heavy (non-hydrogen) atoms. The highest BCUT2D eigenvalue weighted by Gasteiger charge is 2.30. The molecule has 128 valence electrons. The number of benzene rings is 1. The largest absolute Gasteiger partial charge is 0.481 e. The Bertz CT molecular complexity index is 688. The third-order valence-electron chi connectivity index (χ3n) is 4.70. The number of rotatable bonds is 5. The number of aryl methyl sites for hydroxylation is 1. The SMILES string of the molecule is CSc1ccc(C(c2cc(C)cs2)N2CCC(C(=O)O)CC2)cc1. The quantitative estimate of drug-likeness (QED) is 0.786. The van der Waals surface area contributed by atoms with E-state index in [1.165, 1.54) is 20.9 Å². The molecule has 1 aromatic carbocycles. The van der Waals surface area contributed by atoms with Gasteiger partial charge in [-0.15, -0.1) is 23.1 Å². The second-order valence-corrected chi connectivity index (χ2v) is 8.17. The molecule has 1 fully saturated rings. The standard InChI is InChI=1S/C19H23NO2S2/c1-13-11-17(24-12-13)18(14-3-5-16(23-2)6-4-14)20-9-7-15(8-10-20)19(21)22/h3-6,11-12,15,18H,7-10H2,1-2H3,(H,21,22). The molecule has 2 heterocycles. The molecule has 3 rings (SSSR count). The van der Waals surface area contributed by atoms with Crippen LogP contribution >= 0.6 is 23.1 Å². The minimum atomic E-state index is -0.650. The molecule has 1 saturated heterocycles. The first-order valence-corrected chi connectivity index (χ1v) is 10.3. The van der Waals surface area contributed by atoms with Crippen molar-refractivity contribution in [3.63, 3.8) is 0 Å². The number of hydrogen-bond donors (Lipinski definition) is 1. The summed E-state index contributed by atoms with van der Waals surface area (Å²) in [4.78, 5) is 16.3. The molecule has 0 aliphatic carbocycles. The third-order valence-corrected chi connectivity index (χ3v) is 6.54. The number of piperidine rings is 1. The normalized spacial score (nSPS) is 17.8. The lowest BCUT2D eigenvalue weighted by Crippen LogP contribution is -2.39. The van der Waals surface area contributed by atoms with E-state index >= 15 is 0 Å². The average Bonchev–Trinajstić information content (AvgIpc) is 3.02. The topological polar surface area (TPSA) is 40.5 Å². The molecule has 2 aromatic rings. The molecule has 0 bridgehead atoms. The summed E-state index contributed by atoms with van der Waals surface area (Å²) in [5.41, 5.74) is 2.59. The number of thiophene rings is 1. The predicted molar refractivity (Wildman–Crippen MR) is 101 cm³/mol. The highest BCUT2D eigenvalue weighted by atomic mass is 32.2. The summed E-state index contributed by atoms with van der Waals surface area (Å²) in [5.74, 6) is -0.840. The van der Waals surface area contributed by atoms with Gasteiger partial charge in [-0.2, -0.15) is 0 Å². The van der Waals surface area contributed by atoms with E-state index in [4.69, 9.17) is 0 Å². The Hall–Kier alpha value is -1.30. The second kappa shape index (κ2) is 7.72. The van der Waals surface area contributed by atoms with Gasteiger partial charge in [-0.25, -0.2) is 0 Å². The molecular formula is C19H23NO2S2. The zero-order chi connectivity index (χ0) is 17.1. The van der Waals surface area contributed by atoms with Crippen molar-refractivity contribution in [2.75, 3.05) is 19.3 Å². The van der Waals surface area contributed by atoms with E-state index in [0.717, 1.165) is 25.9 Å². The molecule has 1 atom stereocenters. The highest BCUT2D eigenvalue weighted by molar-refractivity contribution is 7.98. The van der Waals surface area contributed by atoms with Gasteiger partial charge in [0, 0.05) is 9.77 Å². The molecule has 0 amide bonds. The predicted octanol–water partition coefficient (Wildman–Crippen LogP) is 4.66. The molecule has 1 aliphatic heterocycles. The Kier molecular flexibility index (Phi) is 5.64. The molecule has 1 unspecified atom stereocenters. The minimum Gasteiger partial charge on any atom is -0.481 e. The lowest BCUT2D eigenvalue weighted by Gasteiger charge is -2.36. The maximum atomic E-state index is 11.2. The van der Waals surface area contributed by atoms with Crippen molar-refractivity contribution in [3.8, 4) is 0 Å². The number of carboxylic acid groups (broad SMARTS) is 1. The summed E-state index contributed by atoms with van der Waals surface area (Å²) < 4.78 is 0. The summed E-state index contributed by atoms with van der Waals surface area (Å²) in [5, 5.41) is 11.4. The van der Waals surface area contributed by atoms with Crippen LogP contribution in [0.1, 0.15) is 34.9 Å². The fourth-order valence-corrected chi connectivity index (χ4v) is 4.81. The maximum absolute atomic E-state index is 11.2. The number of likely N-dealkylation sites (tertiary alicyclic amines) is 1. The third kappa shape index (κ3) is 3.85. The zero-order valence-electron chi connectivity index (χ0n) is 14.1. The molecule has 1 aliphatic rings. The Morgan fingerprint density at radius 1 is 1.29 bits per heavy atom. The van der Waals surface area contributed by atoms with Gasteiger partial charge in [-0.05, 0) is 73.8 Å². The molecule has 0 spiro atoms. The Labute approximate surface area is 151 Å². The van der Waals surface area contributed by atoms with Gasteiger partial charge in [0.2, 0.25) is 0 Å². The number of aliphatic carboxylic acids is 1. The van der Waals surface area contributed by atoms with Crippen LogP contribution in [0.4, 0.5) is 0 Å². The Morgan fingerprint density at radius 3 is 2.46 bits per heavy atom. The van der Waals surface area contributed by atoms with Crippen LogP contribution in [-0.2, 0) is 4.79 Å². The molecular weight excluding hydrogens is 338 g/mol. The first kappa shape index (κ1) is 17.5. The molecule has 3 nitrogen and oxygen atoms in total. The van der Waals surface area contributed by atoms with E-state index in [1.54, 1.807) is 23.1 Å². The molecule has 1 aromatic heterocycles. The van der Waals surface area contributed by atoms with E-state index in [-0.39, 0.29) is 12.0 Å². The fourth-order valence-electron chi connectivity index (χ4n) is 3.34. The fraction of sp³-hybridized carbons (Fsp3) is 0.421. The minimum absolute atomic E-state index is 0.189. The van der Waals surface area contributed by atoms with Crippen LogP contribution in [0.5, 0.6) is 0 Å². The lowest BCUT2D eigenvalue weighted by atomic mass is 9.93. The number of thioether (sulfide) groups is 1. The van der Waals surface area contributed by atoms with Crippen molar-refractivity contribution in [3.05, 3.63) is 51.7 Å². The molecule has 0 radical (unpaired) electrons. The summed E-state index contributed by atoms with van der Waals surface area (Å²) in [6.07, 6.45) is 3.56. The number of nitrogens with zero attached hydrogens (tertiary/aromatic N) is 1. The van der Waals surface area contributed by atoms with Crippen molar-refractivity contribution >= 4 is 29.1 Å². The Balaban J connectivity index is 1.86.